The summed E-state index contributed by atoms with van der Waals surface area (Å²) in [7, 11) is 0. The van der Waals surface area contributed by atoms with Crippen molar-refractivity contribution >= 4 is 34.4 Å². The first-order valence-corrected chi connectivity index (χ1v) is 9.95. The number of aromatic nitrogens is 4. The summed E-state index contributed by atoms with van der Waals surface area (Å²) in [5, 5.41) is 14.1. The van der Waals surface area contributed by atoms with Crippen molar-refractivity contribution in [2.75, 3.05) is 23.3 Å². The lowest BCUT2D eigenvalue weighted by molar-refractivity contribution is 0.186. The third kappa shape index (κ3) is 3.22. The van der Waals surface area contributed by atoms with Crippen molar-refractivity contribution in [1.29, 1.82) is 0 Å². The topological polar surface area (TPSA) is 102 Å². The maximum Gasteiger partial charge on any atom is 0.317 e. The van der Waals surface area contributed by atoms with Crippen molar-refractivity contribution < 1.29 is 4.79 Å². The molecule has 2 amide bonds. The van der Waals surface area contributed by atoms with E-state index in [1.807, 2.05) is 43.0 Å². The molecule has 4 heterocycles. The van der Waals surface area contributed by atoms with E-state index in [2.05, 4.69) is 25.7 Å². The number of piperazine rings is 1. The molecule has 9 nitrogen and oxygen atoms in total. The summed E-state index contributed by atoms with van der Waals surface area (Å²) >= 11 is 0. The Hall–Kier alpha value is -3.36. The highest BCUT2D eigenvalue weighted by atomic mass is 16.2. The summed E-state index contributed by atoms with van der Waals surface area (Å²) in [5.74, 6) is 1.45. The van der Waals surface area contributed by atoms with Crippen LogP contribution in [0.5, 0.6) is 0 Å². The van der Waals surface area contributed by atoms with Crippen LogP contribution in [0.25, 0.3) is 10.9 Å². The Morgan fingerprint density at radius 1 is 1.21 bits per heavy atom. The van der Waals surface area contributed by atoms with Crippen molar-refractivity contribution in [1.82, 2.24) is 30.4 Å². The molecule has 5 rings (SSSR count). The monoisotopic (exact) mass is 392 g/mol. The number of para-hydroxylation sites is 1. The van der Waals surface area contributed by atoms with Crippen molar-refractivity contribution in [3.05, 3.63) is 36.7 Å². The van der Waals surface area contributed by atoms with Crippen LogP contribution < -0.4 is 15.5 Å². The van der Waals surface area contributed by atoms with Gasteiger partial charge in [0.1, 0.15) is 5.82 Å². The van der Waals surface area contributed by atoms with Crippen molar-refractivity contribution in [2.24, 2.45) is 0 Å². The molecule has 0 radical (unpaired) electrons. The lowest BCUT2D eigenvalue weighted by Gasteiger charge is -2.34. The predicted octanol–water partition coefficient (Wildman–Crippen LogP) is 2.48. The minimum Gasteiger partial charge on any atom is -0.337 e. The summed E-state index contributed by atoms with van der Waals surface area (Å²) in [6.07, 6.45) is 4.46. The number of hydrogen-bond acceptors (Lipinski definition) is 6. The molecule has 2 aromatic heterocycles. The van der Waals surface area contributed by atoms with Crippen LogP contribution >= 0.6 is 0 Å². The van der Waals surface area contributed by atoms with Gasteiger partial charge in [-0.05, 0) is 32.4 Å². The van der Waals surface area contributed by atoms with E-state index in [1.54, 1.807) is 12.4 Å². The molecule has 3 N–H and O–H groups in total. The smallest absolute Gasteiger partial charge is 0.317 e. The van der Waals surface area contributed by atoms with Gasteiger partial charge >= 0.3 is 6.03 Å². The Balaban J connectivity index is 1.42. The molecule has 0 saturated carbocycles. The van der Waals surface area contributed by atoms with Crippen LogP contribution in [-0.2, 0) is 0 Å². The second-order valence-electron chi connectivity index (χ2n) is 7.95. The van der Waals surface area contributed by atoms with E-state index in [0.29, 0.717) is 12.5 Å². The zero-order chi connectivity index (χ0) is 20.0. The second-order valence-corrected chi connectivity index (χ2v) is 7.95. The number of hydrogen-bond donors (Lipinski definition) is 3. The van der Waals surface area contributed by atoms with Gasteiger partial charge in [-0.2, -0.15) is 10.1 Å². The standard InChI is InChI=1S/C20H24N8O/c1-12(2)23-20(29)28-11-14-7-15(28)10-27(14)19-25-17-6-4-3-5-16(17)18(26-19)24-13-8-21-22-9-13/h3-6,8-9,12,14-15H,7,10-11H2,1-2H3,(H,21,22)(H,23,29)(H,24,25,26). The van der Waals surface area contributed by atoms with Crippen LogP contribution in [0.2, 0.25) is 0 Å². The first-order valence-electron chi connectivity index (χ1n) is 9.95. The van der Waals surface area contributed by atoms with Gasteiger partial charge in [-0.25, -0.2) is 9.78 Å². The van der Waals surface area contributed by atoms with Crippen molar-refractivity contribution in [3.8, 4) is 0 Å². The average molecular weight is 392 g/mol. The highest BCUT2D eigenvalue weighted by Gasteiger charge is 2.46. The van der Waals surface area contributed by atoms with Gasteiger partial charge in [-0.3, -0.25) is 5.10 Å². The molecule has 0 aliphatic carbocycles. The number of urea groups is 1. The Bertz CT molecular complexity index is 1030. The van der Waals surface area contributed by atoms with Crippen LogP contribution in [0.3, 0.4) is 0 Å². The predicted molar refractivity (Wildman–Crippen MR) is 111 cm³/mol. The maximum absolute atomic E-state index is 12.4. The third-order valence-electron chi connectivity index (χ3n) is 5.52. The number of nitrogens with zero attached hydrogens (tertiary/aromatic N) is 5. The quantitative estimate of drug-likeness (QED) is 0.630. The molecule has 150 valence electrons. The second kappa shape index (κ2) is 6.91. The molecule has 2 fully saturated rings. The number of H-pyrrole nitrogens is 1. The number of nitrogens with one attached hydrogen (secondary N) is 3. The minimum absolute atomic E-state index is 0.0221. The number of carbonyl (C=O) groups excluding carboxylic acids is 1. The number of aromatic amines is 1. The highest BCUT2D eigenvalue weighted by molar-refractivity contribution is 5.91. The number of likely N-dealkylation sites (tertiary alicyclic amines) is 1. The molecule has 9 heteroatoms. The Morgan fingerprint density at radius 2 is 2.07 bits per heavy atom. The Labute approximate surface area is 168 Å². The van der Waals surface area contributed by atoms with Crippen LogP contribution in [0.1, 0.15) is 20.3 Å². The fourth-order valence-electron chi connectivity index (χ4n) is 4.23. The average Bonchev–Trinajstić information content (AvgIpc) is 3.44. The fraction of sp³-hybridized carbons (Fsp3) is 0.400. The van der Waals surface area contributed by atoms with Crippen LogP contribution in [-0.4, -0.2) is 62.3 Å². The molecule has 2 bridgehead atoms. The van der Waals surface area contributed by atoms with Gasteiger partial charge in [0.15, 0.2) is 0 Å². The summed E-state index contributed by atoms with van der Waals surface area (Å²) < 4.78 is 0. The van der Waals surface area contributed by atoms with E-state index in [0.717, 1.165) is 35.4 Å². The molecule has 2 saturated heterocycles. The van der Waals surface area contributed by atoms with E-state index in [9.17, 15) is 4.79 Å². The molecule has 0 spiro atoms. The number of benzene rings is 1. The zero-order valence-corrected chi connectivity index (χ0v) is 16.5. The maximum atomic E-state index is 12.4. The van der Waals surface area contributed by atoms with Crippen molar-refractivity contribution in [3.63, 3.8) is 0 Å². The summed E-state index contributed by atoms with van der Waals surface area (Å²) in [6.45, 7) is 5.41. The number of amides is 2. The van der Waals surface area contributed by atoms with Gasteiger partial charge in [0.05, 0.1) is 29.5 Å². The SMILES string of the molecule is CC(C)NC(=O)N1CC2CC1CN2c1nc(Nc2cn[nH]c2)c2ccccc2n1. The van der Waals surface area contributed by atoms with Gasteiger partial charge in [-0.15, -0.1) is 0 Å². The van der Waals surface area contributed by atoms with Crippen molar-refractivity contribution in [2.45, 2.75) is 38.4 Å². The Morgan fingerprint density at radius 3 is 2.79 bits per heavy atom. The van der Waals surface area contributed by atoms with Crippen LogP contribution in [0, 0.1) is 0 Å². The van der Waals surface area contributed by atoms with E-state index < -0.39 is 0 Å². The fourth-order valence-corrected chi connectivity index (χ4v) is 4.23. The van der Waals surface area contributed by atoms with Crippen LogP contribution in [0.15, 0.2) is 36.7 Å². The summed E-state index contributed by atoms with van der Waals surface area (Å²) in [4.78, 5) is 26.3. The van der Waals surface area contributed by atoms with E-state index >= 15 is 0 Å². The lowest BCUT2D eigenvalue weighted by Crippen LogP contribution is -2.53. The molecule has 2 aliphatic rings. The van der Waals surface area contributed by atoms with Crippen LogP contribution in [0.4, 0.5) is 22.2 Å². The van der Waals surface area contributed by atoms with Gasteiger partial charge < -0.3 is 20.4 Å². The lowest BCUT2D eigenvalue weighted by atomic mass is 10.2. The van der Waals surface area contributed by atoms with E-state index in [4.69, 9.17) is 9.97 Å². The molecular formula is C20H24N8O. The van der Waals surface area contributed by atoms with Gasteiger partial charge in [0.25, 0.3) is 0 Å². The molecule has 2 aliphatic heterocycles. The molecule has 1 aromatic carbocycles. The third-order valence-corrected chi connectivity index (χ3v) is 5.52. The number of rotatable bonds is 4. The molecule has 2 atom stereocenters. The zero-order valence-electron chi connectivity index (χ0n) is 16.5. The highest BCUT2D eigenvalue weighted by Crippen LogP contribution is 2.35. The molecule has 3 aromatic rings. The molecule has 2 unspecified atom stereocenters. The first-order chi connectivity index (χ1) is 14.1. The Kier molecular flexibility index (Phi) is 4.22. The van der Waals surface area contributed by atoms with Gasteiger partial charge in [0.2, 0.25) is 5.95 Å². The van der Waals surface area contributed by atoms with E-state index in [-0.39, 0.29) is 24.2 Å². The minimum atomic E-state index is 0.0221. The largest absolute Gasteiger partial charge is 0.337 e. The summed E-state index contributed by atoms with van der Waals surface area (Å²) in [6, 6.07) is 8.56. The first kappa shape index (κ1) is 17.7. The van der Waals surface area contributed by atoms with Gasteiger partial charge in [0, 0.05) is 30.7 Å². The van der Waals surface area contributed by atoms with E-state index in [1.165, 1.54) is 0 Å². The number of carbonyl (C=O) groups is 1. The number of fused-ring (bicyclic) bond motifs is 3. The molecular weight excluding hydrogens is 368 g/mol. The normalized spacial score (nSPS) is 20.7. The number of anilines is 3. The molecule has 29 heavy (non-hydrogen) atoms. The van der Waals surface area contributed by atoms with Gasteiger partial charge in [-0.1, -0.05) is 12.1 Å². The summed E-state index contributed by atoms with van der Waals surface area (Å²) in [5.41, 5.74) is 1.74.